The van der Waals surface area contributed by atoms with Crippen LogP contribution in [0.3, 0.4) is 0 Å². The van der Waals surface area contributed by atoms with Crippen LogP contribution in [0, 0.1) is 6.92 Å². The topological polar surface area (TPSA) is 90.3 Å². The molecule has 0 aliphatic carbocycles. The van der Waals surface area contributed by atoms with Gasteiger partial charge in [-0.25, -0.2) is 15.8 Å². The molecule has 104 valence electrons. The van der Waals surface area contributed by atoms with E-state index in [9.17, 15) is 0 Å². The first kappa shape index (κ1) is 13.8. The molecule has 20 heavy (non-hydrogen) atoms. The summed E-state index contributed by atoms with van der Waals surface area (Å²) in [4.78, 5) is 7.87. The van der Waals surface area contributed by atoms with Crippen LogP contribution in [0.15, 0.2) is 54.6 Å². The summed E-state index contributed by atoms with van der Waals surface area (Å²) in [6.45, 7) is 2.19. The number of ether oxygens (including phenoxy) is 1. The van der Waals surface area contributed by atoms with E-state index < -0.39 is 0 Å². The molecule has 6 heteroatoms. The lowest BCUT2D eigenvalue weighted by Crippen LogP contribution is -2.27. The van der Waals surface area contributed by atoms with Crippen molar-refractivity contribution in [2.24, 2.45) is 11.6 Å². The summed E-state index contributed by atoms with van der Waals surface area (Å²) in [5.41, 5.74) is 8.33. The average molecular weight is 271 g/mol. The second kappa shape index (κ2) is 6.53. The van der Waals surface area contributed by atoms with Crippen molar-refractivity contribution in [1.82, 2.24) is 9.97 Å². The summed E-state index contributed by atoms with van der Waals surface area (Å²) in [7, 11) is 0. The highest BCUT2D eigenvalue weighted by Crippen LogP contribution is 2.12. The molecule has 1 aromatic heterocycles. The molecule has 0 fully saturated rings. The van der Waals surface area contributed by atoms with Gasteiger partial charge < -0.3 is 10.5 Å². The van der Waals surface area contributed by atoms with Crippen LogP contribution in [0.1, 0.15) is 5.56 Å². The van der Waals surface area contributed by atoms with Crippen molar-refractivity contribution in [3.8, 4) is 6.01 Å². The predicted octanol–water partition coefficient (Wildman–Crippen LogP) is 1.34. The van der Waals surface area contributed by atoms with Gasteiger partial charge in [0.2, 0.25) is 0 Å². The largest absolute Gasteiger partial charge is 0.457 e. The molecule has 0 spiro atoms. The van der Waals surface area contributed by atoms with Crippen LogP contribution in [-0.2, 0) is 0 Å². The Morgan fingerprint density at radius 3 is 2.55 bits per heavy atom. The number of nitrogens with zero attached hydrogens (tertiary/aromatic N) is 3. The molecule has 2 rings (SSSR count). The molecule has 1 aromatic carbocycles. The maximum Gasteiger partial charge on any atom is 0.316 e. The van der Waals surface area contributed by atoms with E-state index in [0.29, 0.717) is 5.70 Å². The first-order valence-electron chi connectivity index (χ1n) is 6.12. The number of nitrogens with two attached hydrogens (primary N) is 2. The van der Waals surface area contributed by atoms with Gasteiger partial charge in [0, 0.05) is 18.6 Å². The number of aromatic nitrogens is 2. The second-order valence-electron chi connectivity index (χ2n) is 4.27. The summed E-state index contributed by atoms with van der Waals surface area (Å²) >= 11 is 0. The fraction of sp³-hybridized carbons (Fsp3) is 0.143. The molecule has 2 aromatic rings. The van der Waals surface area contributed by atoms with Crippen LogP contribution < -0.4 is 21.3 Å². The summed E-state index contributed by atoms with van der Waals surface area (Å²) in [6, 6.07) is 9.79. The van der Waals surface area contributed by atoms with E-state index in [-0.39, 0.29) is 12.6 Å². The van der Waals surface area contributed by atoms with Crippen LogP contribution in [0.25, 0.3) is 0 Å². The summed E-state index contributed by atoms with van der Waals surface area (Å²) in [5.74, 6) is 5.91. The highest BCUT2D eigenvalue weighted by molar-refractivity contribution is 5.48. The van der Waals surface area contributed by atoms with Gasteiger partial charge in [-0.1, -0.05) is 17.7 Å². The monoisotopic (exact) mass is 271 g/mol. The zero-order valence-electron chi connectivity index (χ0n) is 11.2. The summed E-state index contributed by atoms with van der Waals surface area (Å²) < 4.78 is 5.33. The third kappa shape index (κ3) is 3.96. The average Bonchev–Trinajstić information content (AvgIpc) is 2.47. The Kier molecular flexibility index (Phi) is 4.52. The molecular weight excluding hydrogens is 254 g/mol. The Labute approximate surface area is 117 Å². The minimum absolute atomic E-state index is 0.170. The minimum atomic E-state index is 0.170. The lowest BCUT2D eigenvalue weighted by Gasteiger charge is -2.15. The van der Waals surface area contributed by atoms with Crippen molar-refractivity contribution in [2.75, 3.05) is 11.6 Å². The molecule has 0 unspecified atom stereocenters. The number of aryl methyl sites for hydroxylation is 1. The summed E-state index contributed by atoms with van der Waals surface area (Å²) in [6.07, 6.45) is 4.81. The second-order valence-corrected chi connectivity index (χ2v) is 4.27. The normalized spacial score (nSPS) is 11.2. The van der Waals surface area contributed by atoms with E-state index in [1.807, 2.05) is 31.2 Å². The van der Waals surface area contributed by atoms with Crippen molar-refractivity contribution in [1.29, 1.82) is 0 Å². The van der Waals surface area contributed by atoms with Gasteiger partial charge in [-0.2, -0.15) is 0 Å². The van der Waals surface area contributed by atoms with Crippen LogP contribution in [0.5, 0.6) is 6.01 Å². The molecule has 0 atom stereocenters. The van der Waals surface area contributed by atoms with Gasteiger partial charge in [-0.05, 0) is 25.1 Å². The SMILES string of the molecule is Cc1ccc(N(N)/C=C(\N)COc2ncccn2)cc1. The van der Waals surface area contributed by atoms with Crippen molar-refractivity contribution >= 4 is 5.69 Å². The Bertz CT molecular complexity index is 568. The number of hydrazine groups is 1. The first-order valence-corrected chi connectivity index (χ1v) is 6.12. The smallest absolute Gasteiger partial charge is 0.316 e. The first-order chi connectivity index (χ1) is 9.65. The zero-order valence-corrected chi connectivity index (χ0v) is 11.2. The van der Waals surface area contributed by atoms with E-state index >= 15 is 0 Å². The third-order valence-corrected chi connectivity index (χ3v) is 2.55. The maximum absolute atomic E-state index is 5.91. The highest BCUT2D eigenvalue weighted by atomic mass is 16.5. The highest BCUT2D eigenvalue weighted by Gasteiger charge is 2.01. The van der Waals surface area contributed by atoms with Crippen molar-refractivity contribution in [3.63, 3.8) is 0 Å². The van der Waals surface area contributed by atoms with Crippen molar-refractivity contribution in [2.45, 2.75) is 6.92 Å². The number of hydrogen-bond acceptors (Lipinski definition) is 6. The fourth-order valence-corrected chi connectivity index (χ4v) is 1.52. The van der Waals surface area contributed by atoms with Gasteiger partial charge in [-0.3, -0.25) is 5.01 Å². The van der Waals surface area contributed by atoms with Gasteiger partial charge >= 0.3 is 6.01 Å². The number of benzene rings is 1. The predicted molar refractivity (Wildman–Crippen MR) is 77.6 cm³/mol. The van der Waals surface area contributed by atoms with Crippen LogP contribution in [0.2, 0.25) is 0 Å². The van der Waals surface area contributed by atoms with Gasteiger partial charge in [-0.15, -0.1) is 0 Å². The molecule has 0 saturated carbocycles. The lowest BCUT2D eigenvalue weighted by molar-refractivity contribution is 0.321. The Balaban J connectivity index is 1.94. The third-order valence-electron chi connectivity index (χ3n) is 2.55. The standard InChI is InChI=1S/C14H17N5O/c1-11-3-5-13(6-4-11)19(16)9-12(15)10-20-14-17-7-2-8-18-14/h2-9H,10,15-16H2,1H3/b12-9-. The van der Waals surface area contributed by atoms with Crippen molar-refractivity contribution in [3.05, 3.63) is 60.2 Å². The van der Waals surface area contributed by atoms with E-state index in [1.54, 1.807) is 24.7 Å². The lowest BCUT2D eigenvalue weighted by atomic mass is 10.2. The fourth-order valence-electron chi connectivity index (χ4n) is 1.52. The van der Waals surface area contributed by atoms with Crippen LogP contribution in [-0.4, -0.2) is 16.6 Å². The van der Waals surface area contributed by atoms with Crippen molar-refractivity contribution < 1.29 is 4.74 Å². The minimum Gasteiger partial charge on any atom is -0.457 e. The van der Waals surface area contributed by atoms with Crippen LogP contribution in [0.4, 0.5) is 5.69 Å². The molecule has 4 N–H and O–H groups in total. The van der Waals surface area contributed by atoms with E-state index in [1.165, 1.54) is 10.6 Å². The van der Waals surface area contributed by atoms with Gasteiger partial charge in [0.05, 0.1) is 11.4 Å². The number of anilines is 1. The Morgan fingerprint density at radius 1 is 1.25 bits per heavy atom. The van der Waals surface area contributed by atoms with Gasteiger partial charge in [0.1, 0.15) is 6.61 Å². The molecule has 0 bridgehead atoms. The number of hydrogen-bond donors (Lipinski definition) is 2. The molecule has 0 saturated heterocycles. The van der Waals surface area contributed by atoms with E-state index in [4.69, 9.17) is 16.3 Å². The van der Waals surface area contributed by atoms with Gasteiger partial charge in [0.15, 0.2) is 0 Å². The molecule has 1 heterocycles. The van der Waals surface area contributed by atoms with E-state index in [0.717, 1.165) is 5.69 Å². The molecule has 0 radical (unpaired) electrons. The Morgan fingerprint density at radius 2 is 1.90 bits per heavy atom. The van der Waals surface area contributed by atoms with Crippen LogP contribution >= 0.6 is 0 Å². The zero-order chi connectivity index (χ0) is 14.4. The maximum atomic E-state index is 5.91. The molecular formula is C14H17N5O. The van der Waals surface area contributed by atoms with Gasteiger partial charge in [0.25, 0.3) is 0 Å². The molecule has 6 nitrogen and oxygen atoms in total. The molecule has 0 amide bonds. The Hall–Kier alpha value is -2.60. The van der Waals surface area contributed by atoms with E-state index in [2.05, 4.69) is 9.97 Å². The molecule has 0 aliphatic rings. The molecule has 0 aliphatic heterocycles. The summed E-state index contributed by atoms with van der Waals surface area (Å²) in [5, 5.41) is 1.45. The quantitative estimate of drug-likeness (QED) is 0.630. The number of rotatable bonds is 5.